The van der Waals surface area contributed by atoms with Gasteiger partial charge in [-0.2, -0.15) is 0 Å². The number of nitrogens with one attached hydrogen (secondary N) is 1. The van der Waals surface area contributed by atoms with Gasteiger partial charge in [0.05, 0.1) is 15.5 Å². The lowest BCUT2D eigenvalue weighted by Crippen LogP contribution is -2.33. The Morgan fingerprint density at radius 3 is 2.60 bits per heavy atom. The number of carboxylic acid groups (broad SMARTS) is 1. The molecule has 0 amide bonds. The number of sulfonamides is 1. The number of hydrogen-bond donors (Lipinski definition) is 2. The van der Waals surface area contributed by atoms with Crippen LogP contribution in [0.4, 0.5) is 0 Å². The van der Waals surface area contributed by atoms with Crippen molar-refractivity contribution < 1.29 is 18.3 Å². The van der Waals surface area contributed by atoms with E-state index >= 15 is 0 Å². The molecule has 0 bridgehead atoms. The largest absolute Gasteiger partial charge is 0.478 e. The Kier molecular flexibility index (Phi) is 4.36. The molecule has 7 heteroatoms. The van der Waals surface area contributed by atoms with Gasteiger partial charge < -0.3 is 5.11 Å². The Hall–Kier alpha value is -1.11. The van der Waals surface area contributed by atoms with Gasteiger partial charge in [0.25, 0.3) is 0 Å². The molecule has 20 heavy (non-hydrogen) atoms. The number of halogens is 1. The zero-order chi connectivity index (χ0) is 14.9. The van der Waals surface area contributed by atoms with Gasteiger partial charge >= 0.3 is 5.97 Å². The monoisotopic (exact) mass is 317 g/mol. The molecule has 1 aromatic carbocycles. The van der Waals surface area contributed by atoms with E-state index < -0.39 is 16.0 Å². The normalized spacial score (nSPS) is 22.9. The molecule has 2 atom stereocenters. The number of carboxylic acids is 1. The molecule has 1 fully saturated rings. The summed E-state index contributed by atoms with van der Waals surface area (Å²) in [5, 5.41) is 8.79. The highest BCUT2D eigenvalue weighted by Gasteiger charge is 2.27. The van der Waals surface area contributed by atoms with Crippen LogP contribution in [0.3, 0.4) is 0 Å². The molecule has 2 N–H and O–H groups in total. The maximum Gasteiger partial charge on any atom is 0.337 e. The number of hydrogen-bond acceptors (Lipinski definition) is 3. The second kappa shape index (κ2) is 5.71. The quantitative estimate of drug-likeness (QED) is 0.893. The van der Waals surface area contributed by atoms with Gasteiger partial charge in [-0.1, -0.05) is 18.5 Å². The van der Waals surface area contributed by atoms with E-state index in [2.05, 4.69) is 11.6 Å². The summed E-state index contributed by atoms with van der Waals surface area (Å²) in [4.78, 5) is 10.8. The SMILES string of the molecule is CC1CCC(NS(=O)(=O)c2ccc(C(=O)O)c(Cl)c2)C1. The summed E-state index contributed by atoms with van der Waals surface area (Å²) in [7, 11) is -3.66. The van der Waals surface area contributed by atoms with Crippen molar-refractivity contribution in [3.63, 3.8) is 0 Å². The van der Waals surface area contributed by atoms with Crippen molar-refractivity contribution in [2.24, 2.45) is 5.92 Å². The third-order valence-electron chi connectivity index (χ3n) is 3.50. The van der Waals surface area contributed by atoms with E-state index in [-0.39, 0.29) is 21.5 Å². The molecule has 1 aromatic rings. The van der Waals surface area contributed by atoms with E-state index in [1.165, 1.54) is 18.2 Å². The van der Waals surface area contributed by atoms with Gasteiger partial charge in [-0.05, 0) is 43.4 Å². The number of rotatable bonds is 4. The van der Waals surface area contributed by atoms with E-state index in [4.69, 9.17) is 16.7 Å². The van der Waals surface area contributed by atoms with Crippen molar-refractivity contribution >= 4 is 27.6 Å². The summed E-state index contributed by atoms with van der Waals surface area (Å²) in [5.41, 5.74) is -0.111. The van der Waals surface area contributed by atoms with Gasteiger partial charge in [0.1, 0.15) is 0 Å². The standard InChI is InChI=1S/C13H16ClNO4S/c1-8-2-3-9(6-8)15-20(18,19)10-4-5-11(13(16)17)12(14)7-10/h4-5,7-9,15H,2-3,6H2,1H3,(H,16,17). The minimum Gasteiger partial charge on any atom is -0.478 e. The van der Waals surface area contributed by atoms with Gasteiger partial charge in [0.15, 0.2) is 0 Å². The Morgan fingerprint density at radius 1 is 1.40 bits per heavy atom. The summed E-state index contributed by atoms with van der Waals surface area (Å²) >= 11 is 5.80. The molecule has 0 aliphatic heterocycles. The molecule has 2 rings (SSSR count). The first-order valence-corrected chi connectivity index (χ1v) is 8.21. The van der Waals surface area contributed by atoms with E-state index in [9.17, 15) is 13.2 Å². The van der Waals surface area contributed by atoms with Crippen LogP contribution in [0.5, 0.6) is 0 Å². The van der Waals surface area contributed by atoms with Gasteiger partial charge in [0.2, 0.25) is 10.0 Å². The Balaban J connectivity index is 2.21. The summed E-state index contributed by atoms with van der Waals surface area (Å²) in [6.07, 6.45) is 2.65. The molecule has 0 radical (unpaired) electrons. The van der Waals surface area contributed by atoms with Crippen LogP contribution in [0.25, 0.3) is 0 Å². The second-order valence-electron chi connectivity index (χ2n) is 5.18. The van der Waals surface area contributed by atoms with Crippen LogP contribution >= 0.6 is 11.6 Å². The molecule has 1 saturated carbocycles. The average molecular weight is 318 g/mol. The molecule has 0 spiro atoms. The van der Waals surface area contributed by atoms with Crippen LogP contribution in [0.15, 0.2) is 23.1 Å². The fourth-order valence-electron chi connectivity index (χ4n) is 2.44. The summed E-state index contributed by atoms with van der Waals surface area (Å²) < 4.78 is 27.1. The third kappa shape index (κ3) is 3.31. The van der Waals surface area contributed by atoms with Crippen LogP contribution in [0, 0.1) is 5.92 Å². The summed E-state index contributed by atoms with van der Waals surface area (Å²) in [5.74, 6) is -0.669. The van der Waals surface area contributed by atoms with Gasteiger partial charge in [-0.3, -0.25) is 0 Å². The zero-order valence-electron chi connectivity index (χ0n) is 11.0. The molecule has 5 nitrogen and oxygen atoms in total. The highest BCUT2D eigenvalue weighted by molar-refractivity contribution is 7.89. The van der Waals surface area contributed by atoms with Crippen molar-refractivity contribution in [3.8, 4) is 0 Å². The highest BCUT2D eigenvalue weighted by atomic mass is 35.5. The summed E-state index contributed by atoms with van der Waals surface area (Å²) in [6, 6.07) is 3.58. The van der Waals surface area contributed by atoms with Crippen LogP contribution in [0.2, 0.25) is 5.02 Å². The fourth-order valence-corrected chi connectivity index (χ4v) is 4.07. The highest BCUT2D eigenvalue weighted by Crippen LogP contribution is 2.27. The Labute approximate surface area is 123 Å². The van der Waals surface area contributed by atoms with Crippen molar-refractivity contribution in [2.45, 2.75) is 37.1 Å². The van der Waals surface area contributed by atoms with Gasteiger partial charge in [-0.15, -0.1) is 0 Å². The summed E-state index contributed by atoms with van der Waals surface area (Å²) in [6.45, 7) is 2.09. The molecule has 0 aromatic heterocycles. The first-order valence-electron chi connectivity index (χ1n) is 6.35. The van der Waals surface area contributed by atoms with Crippen LogP contribution in [-0.4, -0.2) is 25.5 Å². The molecule has 1 aliphatic carbocycles. The molecule has 110 valence electrons. The minimum atomic E-state index is -3.66. The molecule has 2 unspecified atom stereocenters. The van der Waals surface area contributed by atoms with E-state index in [1.807, 2.05) is 0 Å². The lowest BCUT2D eigenvalue weighted by Gasteiger charge is -2.13. The predicted octanol–water partition coefficient (Wildman–Crippen LogP) is 2.51. The van der Waals surface area contributed by atoms with Crippen molar-refractivity contribution in [1.82, 2.24) is 4.72 Å². The maximum absolute atomic E-state index is 12.2. The molecule has 1 aliphatic rings. The lowest BCUT2D eigenvalue weighted by atomic mass is 10.1. The van der Waals surface area contributed by atoms with Crippen molar-refractivity contribution in [1.29, 1.82) is 0 Å². The Morgan fingerprint density at radius 2 is 2.10 bits per heavy atom. The van der Waals surface area contributed by atoms with Crippen LogP contribution in [0.1, 0.15) is 36.5 Å². The second-order valence-corrected chi connectivity index (χ2v) is 7.30. The van der Waals surface area contributed by atoms with Crippen LogP contribution < -0.4 is 4.72 Å². The number of benzene rings is 1. The van der Waals surface area contributed by atoms with E-state index in [0.717, 1.165) is 19.3 Å². The topological polar surface area (TPSA) is 83.5 Å². The van der Waals surface area contributed by atoms with Crippen LogP contribution in [-0.2, 0) is 10.0 Å². The molecule has 0 saturated heterocycles. The molecular formula is C13H16ClNO4S. The molecular weight excluding hydrogens is 302 g/mol. The lowest BCUT2D eigenvalue weighted by molar-refractivity contribution is 0.0697. The number of carbonyl (C=O) groups is 1. The van der Waals surface area contributed by atoms with E-state index in [0.29, 0.717) is 5.92 Å². The van der Waals surface area contributed by atoms with Crippen molar-refractivity contribution in [2.75, 3.05) is 0 Å². The van der Waals surface area contributed by atoms with Gasteiger partial charge in [0, 0.05) is 6.04 Å². The third-order valence-corrected chi connectivity index (χ3v) is 5.33. The van der Waals surface area contributed by atoms with Crippen molar-refractivity contribution in [3.05, 3.63) is 28.8 Å². The minimum absolute atomic E-state index is 0.00736. The molecule has 0 heterocycles. The number of aromatic carboxylic acids is 1. The van der Waals surface area contributed by atoms with E-state index in [1.54, 1.807) is 0 Å². The fraction of sp³-hybridized carbons (Fsp3) is 0.462. The average Bonchev–Trinajstić information content (AvgIpc) is 2.73. The Bertz CT molecular complexity index is 629. The maximum atomic E-state index is 12.2. The predicted molar refractivity (Wildman–Crippen MR) is 75.5 cm³/mol. The zero-order valence-corrected chi connectivity index (χ0v) is 12.5. The first-order chi connectivity index (χ1) is 9.29. The smallest absolute Gasteiger partial charge is 0.337 e. The first kappa shape index (κ1) is 15.3. The van der Waals surface area contributed by atoms with Gasteiger partial charge in [-0.25, -0.2) is 17.9 Å².